The van der Waals surface area contributed by atoms with Crippen LogP contribution in [0.5, 0.6) is 0 Å². The molecule has 2 heterocycles. The summed E-state index contributed by atoms with van der Waals surface area (Å²) in [5.74, 6) is 0. The minimum absolute atomic E-state index is 0.207. The number of anilines is 6. The molecule has 0 saturated heterocycles. The first kappa shape index (κ1) is 32.8. The van der Waals surface area contributed by atoms with E-state index >= 15 is 0 Å². The van der Waals surface area contributed by atoms with Crippen LogP contribution in [0.25, 0.3) is 144 Å². The fraction of sp³-hybridized carbons (Fsp3) is 0.0526. The topological polar surface area (TPSA) is 16.3 Å². The van der Waals surface area contributed by atoms with Crippen LogP contribution in [0.15, 0.2) is 436 Å². The van der Waals surface area contributed by atoms with Crippen LogP contribution in [-0.2, 0) is 10.8 Å². The summed E-state index contributed by atoms with van der Waals surface area (Å²) >= 11 is 0. The third-order valence-electron chi connectivity index (χ3n) is 20.5. The Labute approximate surface area is 771 Å². The summed E-state index contributed by atoms with van der Waals surface area (Å²) in [6.07, 6.45) is 0. The zero-order chi connectivity index (χ0) is 129. The van der Waals surface area contributed by atoms with Crippen LogP contribution in [0.1, 0.15) is 129 Å². The van der Waals surface area contributed by atoms with Crippen LogP contribution < -0.4 is 9.80 Å². The molecule has 0 bridgehead atoms. The van der Waals surface area contributed by atoms with Gasteiger partial charge >= 0.3 is 0 Å². The van der Waals surface area contributed by atoms with Crippen LogP contribution in [0.2, 0.25) is 0 Å². The smallest absolute Gasteiger partial charge is 0.0645 e. The fourth-order valence-electron chi connectivity index (χ4n) is 15.1. The van der Waals surface area contributed by atoms with Gasteiger partial charge in [-0.2, -0.15) is 0 Å². The number of rotatable bonds is 14. The fourth-order valence-corrected chi connectivity index (χ4v) is 15.1. The molecule has 0 saturated carbocycles. The normalized spacial score (nSPS) is 21.5. The number of fused-ring (bicyclic) bond motifs is 12. The van der Waals surface area contributed by atoms with Crippen molar-refractivity contribution in [3.63, 3.8) is 0 Å². The lowest BCUT2D eigenvalue weighted by molar-refractivity contribution is 0.660. The maximum Gasteiger partial charge on any atom is 0.0645 e. The first-order valence-corrected chi connectivity index (χ1v) is 36.3. The molecular weight excluding hydrogens is 1430 g/mol. The van der Waals surface area contributed by atoms with Crippen molar-refractivity contribution in [1.29, 1.82) is 0 Å². The highest BCUT2D eigenvalue weighted by Gasteiger charge is 2.38. The Morgan fingerprint density at radius 1 is 0.237 bits per heavy atom. The Balaban J connectivity index is 0.000000202. The van der Waals surface area contributed by atoms with E-state index in [1.807, 2.05) is 78.9 Å². The molecule has 0 aliphatic heterocycles. The Morgan fingerprint density at radius 2 is 0.686 bits per heavy atom. The molecule has 18 aromatic carbocycles. The highest BCUT2D eigenvalue weighted by Crippen LogP contribution is 2.54. The monoisotopic (exact) mass is 1570 g/mol. The number of aromatic nitrogens is 2. The first-order chi connectivity index (χ1) is 82.2. The van der Waals surface area contributed by atoms with E-state index < -0.39 is 473 Å². The predicted molar refractivity (Wildman–Crippen MR) is 499 cm³/mol. The standard InChI is InChI=1S/2C57H42N2/c2*1-57(2)51-25-13-9-23-47(51)48-35-34-44(38-52(48)57)58(53-26-14-10-21-45(53)40-17-5-3-6-18-40)43-32-29-39(30-33-43)42-31-36-56-50(37-42)49-24-12-16-28-55(49)59(56)54-27-15-11-22-46(54)41-19-7-4-8-20-41/h2*3-38H,1-2H3/i1D3,3D,4D,5D,6D,7D,8D,9D,10D,11D,12D,13D,14D,15D,16D,17D,18D,19D,20D,22D,23D,24D,25D,26D,27D,28D,29D,30D,31D,32D,33D,34D,35D,36D,37D;1D3,3D,5D,6D,9D,10D,13D,14D,17D,18D,23D,25D,26D,29D,30D,32D,33D,34D,35D. The van der Waals surface area contributed by atoms with Crippen LogP contribution >= 0.6 is 0 Å². The van der Waals surface area contributed by atoms with Gasteiger partial charge in [0.25, 0.3) is 0 Å². The second-order valence-electron chi connectivity index (χ2n) is 27.3. The summed E-state index contributed by atoms with van der Waals surface area (Å²) in [5, 5.41) is -0.0625. The number of para-hydroxylation sites is 6. The number of benzene rings is 18. The summed E-state index contributed by atoms with van der Waals surface area (Å²) < 4.78 is 532. The Bertz CT molecular complexity index is 10700. The predicted octanol–water partition coefficient (Wildman–Crippen LogP) is 31.1. The van der Waals surface area contributed by atoms with Crippen molar-refractivity contribution in [3.05, 3.63) is 458 Å². The van der Waals surface area contributed by atoms with Crippen LogP contribution in [0, 0.1) is 0 Å². The third kappa shape index (κ3) is 12.1. The lowest BCUT2D eigenvalue weighted by atomic mass is 9.82. The molecule has 20 aromatic rings. The number of nitrogens with zero attached hydrogens (tertiary/aromatic N) is 4. The average Bonchev–Trinajstić information content (AvgIpc) is 1.52. The molecule has 0 spiro atoms. The number of hydrogen-bond donors (Lipinski definition) is 0. The molecule has 2 unspecified atom stereocenters. The molecule has 2 aliphatic carbocycles. The maximum atomic E-state index is 10.0. The van der Waals surface area contributed by atoms with Crippen molar-refractivity contribution in [2.45, 2.75) is 38.4 Å². The van der Waals surface area contributed by atoms with Gasteiger partial charge in [0.2, 0.25) is 0 Å². The molecule has 0 radical (unpaired) electrons. The molecule has 560 valence electrons. The lowest BCUT2D eigenvalue weighted by Crippen LogP contribution is -2.16. The van der Waals surface area contributed by atoms with E-state index in [4.69, 9.17) is 50.7 Å². The van der Waals surface area contributed by atoms with Gasteiger partial charge in [-0.1, -0.05) is 354 Å². The SMILES string of the molecule is [2H]c1cc(-c2c([2H])c([2H])c([2H])c([2H])c2[2H])c(N(c2cc3c(c([2H])c2[2H])-c2c([2H])c([2H])c([2H])c([2H])c2C3(C)C([2H])([2H])[2H])c2c([2H])c([2H])c(-c3c([2H])c([2H])c4c(c3[2H])c3c([2H])c([2H])c([2H])c([2H])c3n4-c3c([2H])c([2H])c([2H])c([2H])c3-c3c([2H])c([2H])c([2H])c([2H])c3[2H])c([2H])c2[2H])c([2H])c1[2H].[2H]c1cc(-c2c([2H])c([2H])c([2H])c([2H])c2[2H])c(N(c2cc3c(c([2H])c2[2H])-c2c([2H])c([2H])c([2H])c([2H])c2C3(C)C([2H])([2H])[2H])c2c([2H])c([2H])c(-c3ccc4c(c3)c3ccccc3n4-c3ccccc3-c3ccccc3)c([2H])c2[2H])c([2H])c1[2H]. The first-order valence-electron chi connectivity index (χ1n) is 65.3. The van der Waals surface area contributed by atoms with Gasteiger partial charge in [-0.25, -0.2) is 0 Å². The van der Waals surface area contributed by atoms with E-state index in [-0.39, 0.29) is 27.8 Å². The molecule has 2 aliphatic rings. The Kier molecular flexibility index (Phi) is 8.12. The minimum Gasteiger partial charge on any atom is -0.310 e. The van der Waals surface area contributed by atoms with Gasteiger partial charge in [0, 0.05) is 85.6 Å². The largest absolute Gasteiger partial charge is 0.310 e. The number of hydrogen-bond acceptors (Lipinski definition) is 2. The van der Waals surface area contributed by atoms with Crippen molar-refractivity contribution in [2.75, 3.05) is 9.80 Å². The molecule has 0 amide bonds. The second kappa shape index (κ2) is 29.2. The van der Waals surface area contributed by atoms with Crippen LogP contribution in [0.4, 0.5) is 34.1 Å². The van der Waals surface area contributed by atoms with Crippen LogP contribution in [0.3, 0.4) is 0 Å². The summed E-state index contributed by atoms with van der Waals surface area (Å²) in [5.41, 5.74) is -18.8. The molecular formula is C114H84N4. The van der Waals surface area contributed by atoms with Gasteiger partial charge < -0.3 is 18.9 Å². The van der Waals surface area contributed by atoms with E-state index in [1.165, 1.54) is 6.92 Å². The van der Waals surface area contributed by atoms with Crippen molar-refractivity contribution in [1.82, 2.24) is 9.13 Å². The molecule has 22 rings (SSSR count). The Hall–Kier alpha value is -14.8. The quantitative estimate of drug-likeness (QED) is 0.108. The van der Waals surface area contributed by atoms with Crippen LogP contribution in [-0.4, -0.2) is 9.13 Å². The highest BCUT2D eigenvalue weighted by atomic mass is 15.2. The lowest BCUT2D eigenvalue weighted by Gasteiger charge is -2.30. The molecule has 118 heavy (non-hydrogen) atoms. The van der Waals surface area contributed by atoms with E-state index in [0.29, 0.717) is 14.9 Å². The molecule has 0 fully saturated rings. The highest BCUT2D eigenvalue weighted by molar-refractivity contribution is 6.13. The summed E-state index contributed by atoms with van der Waals surface area (Å²) in [6.45, 7) is -4.32. The average molecular weight is 1570 g/mol. The summed E-state index contributed by atoms with van der Waals surface area (Å²) in [6, 6.07) is -16.3. The molecule has 4 heteroatoms. The summed E-state index contributed by atoms with van der Waals surface area (Å²) in [4.78, 5) is 1.26. The van der Waals surface area contributed by atoms with Gasteiger partial charge in [-0.15, -0.1) is 0 Å². The van der Waals surface area contributed by atoms with E-state index in [0.717, 1.165) is 69.3 Å². The Morgan fingerprint density at radius 3 is 1.29 bits per heavy atom. The summed E-state index contributed by atoms with van der Waals surface area (Å²) in [7, 11) is 0. The molecule has 4 nitrogen and oxygen atoms in total. The minimum atomic E-state index is -3.35. The van der Waals surface area contributed by atoms with Crippen molar-refractivity contribution >= 4 is 77.7 Å². The molecule has 2 aromatic heterocycles. The maximum absolute atomic E-state index is 10.0. The van der Waals surface area contributed by atoms with E-state index in [2.05, 4.69) is 4.57 Å². The second-order valence-corrected chi connectivity index (χ2v) is 27.3. The van der Waals surface area contributed by atoms with E-state index in [1.54, 1.807) is 18.2 Å². The van der Waals surface area contributed by atoms with Gasteiger partial charge in [0.05, 0.1) is 116 Å². The van der Waals surface area contributed by atoms with Gasteiger partial charge in [0.1, 0.15) is 0 Å². The zero-order valence-corrected chi connectivity index (χ0v) is 61.3. The van der Waals surface area contributed by atoms with Gasteiger partial charge in [-0.3, -0.25) is 0 Å². The third-order valence-corrected chi connectivity index (χ3v) is 20.5. The molecule has 2 atom stereocenters. The molecule has 0 N–H and O–H groups in total. The zero-order valence-electron chi connectivity index (χ0n) is 119. The van der Waals surface area contributed by atoms with Gasteiger partial charge in [0.15, 0.2) is 0 Å². The van der Waals surface area contributed by atoms with Crippen molar-refractivity contribution in [3.8, 4) is 100 Å². The van der Waals surface area contributed by atoms with E-state index in [9.17, 15) is 28.8 Å². The van der Waals surface area contributed by atoms with Gasteiger partial charge in [-0.05, 0) is 198 Å². The van der Waals surface area contributed by atoms with Crippen molar-refractivity contribution in [2.24, 2.45) is 0 Å². The van der Waals surface area contributed by atoms with Crippen molar-refractivity contribution < 1.29 is 79.5 Å².